The number of aryl methyl sites for hydroxylation is 1. The quantitative estimate of drug-likeness (QED) is 0.872. The third kappa shape index (κ3) is 5.84. The molecule has 0 fully saturated rings. The van der Waals surface area contributed by atoms with Crippen molar-refractivity contribution in [3.63, 3.8) is 0 Å². The summed E-state index contributed by atoms with van der Waals surface area (Å²) in [4.78, 5) is 12.6. The molecule has 0 saturated carbocycles. The Morgan fingerprint density at radius 2 is 2.38 bits per heavy atom. The van der Waals surface area contributed by atoms with Crippen LogP contribution in [0.5, 0.6) is 0 Å². The number of hydrogen-bond donors (Lipinski definition) is 2. The van der Waals surface area contributed by atoms with Gasteiger partial charge in [-0.1, -0.05) is 0 Å². The zero-order valence-electron chi connectivity index (χ0n) is 9.03. The van der Waals surface area contributed by atoms with Gasteiger partial charge in [-0.25, -0.2) is 0 Å². The molecule has 0 radical (unpaired) electrons. The van der Waals surface area contributed by atoms with Crippen LogP contribution in [0, 0.1) is 0 Å². The number of halogens is 2. The van der Waals surface area contributed by atoms with E-state index >= 15 is 0 Å². The SMILES string of the molecule is C[C@@H](CN)NC(=O)CCc1cc(Br)cs1.Cl. The van der Waals surface area contributed by atoms with E-state index in [1.807, 2.05) is 18.4 Å². The molecule has 1 atom stereocenters. The molecule has 1 aromatic heterocycles. The second-order valence-electron chi connectivity index (χ2n) is 3.44. The van der Waals surface area contributed by atoms with Crippen LogP contribution in [-0.2, 0) is 11.2 Å². The highest BCUT2D eigenvalue weighted by Gasteiger charge is 2.06. The van der Waals surface area contributed by atoms with Crippen molar-refractivity contribution in [1.82, 2.24) is 5.32 Å². The Bertz CT molecular complexity index is 332. The standard InChI is InChI=1S/C10H15BrN2OS.ClH/c1-7(5-12)13-10(14)3-2-9-4-8(11)6-15-9;/h4,6-7H,2-3,5,12H2,1H3,(H,13,14);1H/t7-;/m0./s1. The molecule has 0 aliphatic heterocycles. The van der Waals surface area contributed by atoms with E-state index in [2.05, 4.69) is 21.2 Å². The zero-order chi connectivity index (χ0) is 11.3. The summed E-state index contributed by atoms with van der Waals surface area (Å²) in [6.45, 7) is 2.38. The smallest absolute Gasteiger partial charge is 0.220 e. The highest BCUT2D eigenvalue weighted by atomic mass is 79.9. The molecule has 3 N–H and O–H groups in total. The van der Waals surface area contributed by atoms with Crippen molar-refractivity contribution < 1.29 is 4.79 Å². The summed E-state index contributed by atoms with van der Waals surface area (Å²) in [6.07, 6.45) is 1.32. The Morgan fingerprint density at radius 3 is 2.88 bits per heavy atom. The molecule has 1 aromatic rings. The molecule has 1 rings (SSSR count). The van der Waals surface area contributed by atoms with Gasteiger partial charge in [-0.05, 0) is 35.3 Å². The fourth-order valence-corrected chi connectivity index (χ4v) is 2.58. The largest absolute Gasteiger partial charge is 0.352 e. The van der Waals surface area contributed by atoms with Gasteiger partial charge in [0, 0.05) is 33.7 Å². The minimum Gasteiger partial charge on any atom is -0.352 e. The molecule has 16 heavy (non-hydrogen) atoms. The minimum atomic E-state index is 0. The molecule has 0 unspecified atom stereocenters. The van der Waals surface area contributed by atoms with Gasteiger partial charge in [0.15, 0.2) is 0 Å². The molecule has 0 saturated heterocycles. The van der Waals surface area contributed by atoms with E-state index in [1.54, 1.807) is 11.3 Å². The molecule has 6 heteroatoms. The maximum atomic E-state index is 11.4. The Balaban J connectivity index is 0.00000225. The second kappa shape index (κ2) is 8.06. The summed E-state index contributed by atoms with van der Waals surface area (Å²) in [5.74, 6) is 0.0671. The molecule has 0 aromatic carbocycles. The van der Waals surface area contributed by atoms with E-state index in [0.29, 0.717) is 13.0 Å². The number of rotatable bonds is 5. The average Bonchev–Trinajstić information content (AvgIpc) is 2.61. The summed E-state index contributed by atoms with van der Waals surface area (Å²) < 4.78 is 1.08. The van der Waals surface area contributed by atoms with E-state index < -0.39 is 0 Å². The molecule has 0 aliphatic carbocycles. The summed E-state index contributed by atoms with van der Waals surface area (Å²) in [5, 5.41) is 4.86. The third-order valence-corrected chi connectivity index (χ3v) is 3.74. The Hall–Kier alpha value is -0.100. The Morgan fingerprint density at radius 1 is 1.69 bits per heavy atom. The van der Waals surface area contributed by atoms with Gasteiger partial charge in [0.25, 0.3) is 0 Å². The van der Waals surface area contributed by atoms with Crippen LogP contribution in [0.3, 0.4) is 0 Å². The van der Waals surface area contributed by atoms with Crippen LogP contribution in [-0.4, -0.2) is 18.5 Å². The monoisotopic (exact) mass is 326 g/mol. The molecule has 1 heterocycles. The topological polar surface area (TPSA) is 55.1 Å². The first-order valence-corrected chi connectivity index (χ1v) is 6.51. The first-order valence-electron chi connectivity index (χ1n) is 4.84. The van der Waals surface area contributed by atoms with E-state index in [9.17, 15) is 4.79 Å². The van der Waals surface area contributed by atoms with Gasteiger partial charge in [0.2, 0.25) is 5.91 Å². The van der Waals surface area contributed by atoms with E-state index in [-0.39, 0.29) is 24.4 Å². The van der Waals surface area contributed by atoms with Crippen molar-refractivity contribution in [2.24, 2.45) is 5.73 Å². The van der Waals surface area contributed by atoms with Gasteiger partial charge in [0.05, 0.1) is 0 Å². The number of thiophene rings is 1. The fourth-order valence-electron chi connectivity index (χ4n) is 1.13. The van der Waals surface area contributed by atoms with Crippen LogP contribution in [0.1, 0.15) is 18.2 Å². The fraction of sp³-hybridized carbons (Fsp3) is 0.500. The number of carbonyl (C=O) groups is 1. The zero-order valence-corrected chi connectivity index (χ0v) is 12.3. The summed E-state index contributed by atoms with van der Waals surface area (Å²) in [6, 6.07) is 2.11. The van der Waals surface area contributed by atoms with Crippen LogP contribution in [0.4, 0.5) is 0 Å². The lowest BCUT2D eigenvalue weighted by molar-refractivity contribution is -0.121. The molecule has 3 nitrogen and oxygen atoms in total. The number of nitrogens with one attached hydrogen (secondary N) is 1. The van der Waals surface area contributed by atoms with Crippen molar-refractivity contribution in [3.05, 3.63) is 20.8 Å². The molecular weight excluding hydrogens is 312 g/mol. The lowest BCUT2D eigenvalue weighted by atomic mass is 10.2. The average molecular weight is 328 g/mol. The van der Waals surface area contributed by atoms with Gasteiger partial charge in [0.1, 0.15) is 0 Å². The van der Waals surface area contributed by atoms with Crippen molar-refractivity contribution in [2.45, 2.75) is 25.8 Å². The van der Waals surface area contributed by atoms with Gasteiger partial charge in [-0.2, -0.15) is 0 Å². The molecular formula is C10H16BrClN2OS. The van der Waals surface area contributed by atoms with Crippen LogP contribution in [0.2, 0.25) is 0 Å². The highest BCUT2D eigenvalue weighted by Crippen LogP contribution is 2.20. The number of hydrogen-bond acceptors (Lipinski definition) is 3. The summed E-state index contributed by atoms with van der Waals surface area (Å²) in [5.41, 5.74) is 5.41. The van der Waals surface area contributed by atoms with Crippen LogP contribution >= 0.6 is 39.7 Å². The number of carbonyl (C=O) groups excluding carboxylic acids is 1. The maximum Gasteiger partial charge on any atom is 0.220 e. The first-order chi connectivity index (χ1) is 7.11. The van der Waals surface area contributed by atoms with Crippen LogP contribution in [0.15, 0.2) is 15.9 Å². The van der Waals surface area contributed by atoms with E-state index in [4.69, 9.17) is 5.73 Å². The van der Waals surface area contributed by atoms with Crippen LogP contribution < -0.4 is 11.1 Å². The normalized spacial score (nSPS) is 11.7. The lowest BCUT2D eigenvalue weighted by Crippen LogP contribution is -2.37. The van der Waals surface area contributed by atoms with Crippen molar-refractivity contribution in [2.75, 3.05) is 6.54 Å². The maximum absolute atomic E-state index is 11.4. The first kappa shape index (κ1) is 15.9. The number of nitrogens with two attached hydrogens (primary N) is 1. The highest BCUT2D eigenvalue weighted by molar-refractivity contribution is 9.10. The van der Waals surface area contributed by atoms with Gasteiger partial charge >= 0.3 is 0 Å². The molecule has 92 valence electrons. The van der Waals surface area contributed by atoms with Gasteiger partial charge in [-0.15, -0.1) is 23.7 Å². The molecule has 0 aliphatic rings. The predicted molar refractivity (Wildman–Crippen MR) is 74.2 cm³/mol. The van der Waals surface area contributed by atoms with Crippen LogP contribution in [0.25, 0.3) is 0 Å². The second-order valence-corrected chi connectivity index (χ2v) is 5.35. The molecule has 0 bridgehead atoms. The van der Waals surface area contributed by atoms with Crippen molar-refractivity contribution >= 4 is 45.6 Å². The van der Waals surface area contributed by atoms with E-state index in [0.717, 1.165) is 10.9 Å². The predicted octanol–water partition coefficient (Wildman–Crippen LogP) is 2.33. The third-order valence-electron chi connectivity index (χ3n) is 1.98. The van der Waals surface area contributed by atoms with Crippen molar-refractivity contribution in [3.8, 4) is 0 Å². The van der Waals surface area contributed by atoms with Gasteiger partial charge < -0.3 is 11.1 Å². The molecule has 1 amide bonds. The summed E-state index contributed by atoms with van der Waals surface area (Å²) >= 11 is 5.05. The lowest BCUT2D eigenvalue weighted by Gasteiger charge is -2.10. The minimum absolute atomic E-state index is 0. The van der Waals surface area contributed by atoms with Crippen molar-refractivity contribution in [1.29, 1.82) is 0 Å². The number of amides is 1. The Kier molecular flexibility index (Phi) is 8.01. The summed E-state index contributed by atoms with van der Waals surface area (Å²) in [7, 11) is 0. The van der Waals surface area contributed by atoms with E-state index in [1.165, 1.54) is 4.88 Å². The van der Waals surface area contributed by atoms with Gasteiger partial charge in [-0.3, -0.25) is 4.79 Å². The molecule has 0 spiro atoms. The Labute approximate surface area is 114 Å².